The molecule has 0 fully saturated rings. The number of hydrogen-bond acceptors (Lipinski definition) is 5. The van der Waals surface area contributed by atoms with Crippen molar-refractivity contribution in [3.8, 4) is 17.4 Å². The monoisotopic (exact) mass is 279 g/mol. The molecule has 19 heavy (non-hydrogen) atoms. The number of hydrogen-bond donors (Lipinski definition) is 0. The standard InChI is InChI=1S/C13H12ClN2O3/c1-9(18-10-5-3-7-15-12(10)14)19-13-11(17-2)6-4-8-16-13/h3-8H,1-2H3. The van der Waals surface area contributed by atoms with Crippen LogP contribution >= 0.6 is 11.6 Å². The van der Waals surface area contributed by atoms with Crippen LogP contribution in [-0.4, -0.2) is 17.1 Å². The van der Waals surface area contributed by atoms with Crippen molar-refractivity contribution in [3.63, 3.8) is 0 Å². The zero-order valence-corrected chi connectivity index (χ0v) is 11.2. The van der Waals surface area contributed by atoms with E-state index in [0.29, 0.717) is 17.4 Å². The lowest BCUT2D eigenvalue weighted by atomic mass is 10.4. The van der Waals surface area contributed by atoms with Gasteiger partial charge in [0.15, 0.2) is 16.7 Å². The van der Waals surface area contributed by atoms with Crippen molar-refractivity contribution < 1.29 is 14.2 Å². The molecule has 6 heteroatoms. The maximum absolute atomic E-state index is 5.88. The molecule has 0 saturated carbocycles. The Balaban J connectivity index is 2.05. The van der Waals surface area contributed by atoms with E-state index in [-0.39, 0.29) is 11.4 Å². The van der Waals surface area contributed by atoms with Crippen molar-refractivity contribution in [2.45, 2.75) is 6.92 Å². The molecule has 2 rings (SSSR count). The first-order valence-corrected chi connectivity index (χ1v) is 5.87. The fourth-order valence-electron chi connectivity index (χ4n) is 1.37. The molecule has 5 nitrogen and oxygen atoms in total. The SMILES string of the molecule is COc1cccnc1O[C](C)Oc1cccnc1Cl. The minimum atomic E-state index is 0.262. The molecule has 2 aromatic rings. The lowest BCUT2D eigenvalue weighted by molar-refractivity contribution is 0.125. The number of nitrogens with zero attached hydrogens (tertiary/aromatic N) is 2. The molecule has 0 aliphatic rings. The molecular formula is C13H12ClN2O3. The predicted octanol–water partition coefficient (Wildman–Crippen LogP) is 3.11. The second-order valence-corrected chi connectivity index (χ2v) is 3.86. The molecule has 0 N–H and O–H groups in total. The van der Waals surface area contributed by atoms with Crippen molar-refractivity contribution in [1.29, 1.82) is 0 Å². The summed E-state index contributed by atoms with van der Waals surface area (Å²) in [5, 5.41) is 0.262. The number of rotatable bonds is 5. The Morgan fingerprint density at radius 3 is 2.42 bits per heavy atom. The first-order chi connectivity index (χ1) is 9.20. The Kier molecular flexibility index (Phi) is 4.41. The normalized spacial score (nSPS) is 10.3. The van der Waals surface area contributed by atoms with Crippen LogP contribution in [0.15, 0.2) is 36.7 Å². The van der Waals surface area contributed by atoms with Crippen LogP contribution in [0.5, 0.6) is 17.4 Å². The van der Waals surface area contributed by atoms with Gasteiger partial charge in [-0.2, -0.15) is 0 Å². The van der Waals surface area contributed by atoms with E-state index in [1.165, 1.54) is 7.11 Å². The van der Waals surface area contributed by atoms with E-state index in [1.54, 1.807) is 43.6 Å². The number of aromatic nitrogens is 2. The van der Waals surface area contributed by atoms with Gasteiger partial charge in [0.25, 0.3) is 5.88 Å². The summed E-state index contributed by atoms with van der Waals surface area (Å²) in [6, 6.07) is 6.90. The van der Waals surface area contributed by atoms with E-state index in [2.05, 4.69) is 9.97 Å². The number of methoxy groups -OCH3 is 1. The third-order valence-electron chi connectivity index (χ3n) is 2.18. The van der Waals surface area contributed by atoms with Crippen LogP contribution in [0.2, 0.25) is 5.15 Å². The van der Waals surface area contributed by atoms with Crippen LogP contribution in [-0.2, 0) is 0 Å². The van der Waals surface area contributed by atoms with Crippen LogP contribution in [0, 0.1) is 6.29 Å². The molecule has 99 valence electrons. The minimum absolute atomic E-state index is 0.262. The first kappa shape index (κ1) is 13.4. The summed E-state index contributed by atoms with van der Waals surface area (Å²) in [5.41, 5.74) is 0. The van der Waals surface area contributed by atoms with E-state index in [0.717, 1.165) is 0 Å². The second-order valence-electron chi connectivity index (χ2n) is 3.50. The summed E-state index contributed by atoms with van der Waals surface area (Å²) >= 11 is 5.88. The molecular weight excluding hydrogens is 268 g/mol. The Morgan fingerprint density at radius 1 is 1.05 bits per heavy atom. The number of ether oxygens (including phenoxy) is 3. The average molecular weight is 280 g/mol. The third-order valence-corrected chi connectivity index (χ3v) is 2.46. The van der Waals surface area contributed by atoms with E-state index in [9.17, 15) is 0 Å². The summed E-state index contributed by atoms with van der Waals surface area (Å²) < 4.78 is 16.0. The van der Waals surface area contributed by atoms with Gasteiger partial charge in [0.1, 0.15) is 0 Å². The van der Waals surface area contributed by atoms with Crippen molar-refractivity contribution in [2.75, 3.05) is 7.11 Å². The highest BCUT2D eigenvalue weighted by Gasteiger charge is 2.14. The van der Waals surface area contributed by atoms with Gasteiger partial charge in [-0.05, 0) is 24.3 Å². The van der Waals surface area contributed by atoms with E-state index in [1.807, 2.05) is 0 Å². The van der Waals surface area contributed by atoms with E-state index >= 15 is 0 Å². The fraction of sp³-hybridized carbons (Fsp3) is 0.154. The molecule has 2 heterocycles. The summed E-state index contributed by atoms with van der Waals surface area (Å²) in [4.78, 5) is 7.96. The Morgan fingerprint density at radius 2 is 1.74 bits per heavy atom. The third kappa shape index (κ3) is 3.48. The van der Waals surface area contributed by atoms with Crippen molar-refractivity contribution in [2.24, 2.45) is 0 Å². The average Bonchev–Trinajstić information content (AvgIpc) is 2.42. The predicted molar refractivity (Wildman–Crippen MR) is 70.2 cm³/mol. The van der Waals surface area contributed by atoms with Crippen molar-refractivity contribution >= 4 is 11.6 Å². The lowest BCUT2D eigenvalue weighted by Gasteiger charge is -2.15. The lowest BCUT2D eigenvalue weighted by Crippen LogP contribution is -2.12. The van der Waals surface area contributed by atoms with Gasteiger partial charge >= 0.3 is 6.29 Å². The van der Waals surface area contributed by atoms with Gasteiger partial charge in [-0.15, -0.1) is 0 Å². The van der Waals surface area contributed by atoms with Gasteiger partial charge in [0.2, 0.25) is 0 Å². The Bertz CT molecular complexity index is 551. The van der Waals surface area contributed by atoms with Crippen LogP contribution in [0.4, 0.5) is 0 Å². The zero-order valence-electron chi connectivity index (χ0n) is 10.5. The highest BCUT2D eigenvalue weighted by molar-refractivity contribution is 6.30. The topological polar surface area (TPSA) is 53.5 Å². The largest absolute Gasteiger partial charge is 0.491 e. The van der Waals surface area contributed by atoms with Gasteiger partial charge < -0.3 is 14.2 Å². The minimum Gasteiger partial charge on any atom is -0.491 e. The summed E-state index contributed by atoms with van der Waals surface area (Å²) in [6.45, 7) is 1.65. The molecule has 0 aliphatic carbocycles. The quantitative estimate of drug-likeness (QED) is 0.787. The van der Waals surface area contributed by atoms with Gasteiger partial charge in [0.05, 0.1) is 7.11 Å². The zero-order chi connectivity index (χ0) is 13.7. The molecule has 0 aliphatic heterocycles. The first-order valence-electron chi connectivity index (χ1n) is 5.49. The summed E-state index contributed by atoms with van der Waals surface area (Å²) in [5.74, 6) is 1.25. The van der Waals surface area contributed by atoms with Crippen LogP contribution in [0.25, 0.3) is 0 Å². The molecule has 0 amide bonds. The van der Waals surface area contributed by atoms with E-state index in [4.69, 9.17) is 25.8 Å². The van der Waals surface area contributed by atoms with Gasteiger partial charge in [0, 0.05) is 19.3 Å². The van der Waals surface area contributed by atoms with Gasteiger partial charge in [-0.25, -0.2) is 9.97 Å². The molecule has 0 bridgehead atoms. The summed E-state index contributed by atoms with van der Waals surface area (Å²) in [7, 11) is 1.54. The van der Waals surface area contributed by atoms with E-state index < -0.39 is 0 Å². The van der Waals surface area contributed by atoms with Crippen LogP contribution in [0.3, 0.4) is 0 Å². The van der Waals surface area contributed by atoms with Crippen LogP contribution < -0.4 is 14.2 Å². The Labute approximate surface area is 116 Å². The number of halogens is 1. The highest BCUT2D eigenvalue weighted by Crippen LogP contribution is 2.28. The molecule has 0 spiro atoms. The maximum atomic E-state index is 5.88. The fourth-order valence-corrected chi connectivity index (χ4v) is 1.53. The summed E-state index contributed by atoms with van der Waals surface area (Å²) in [6.07, 6.45) is 3.45. The van der Waals surface area contributed by atoms with Crippen LogP contribution in [0.1, 0.15) is 6.92 Å². The smallest absolute Gasteiger partial charge is 0.327 e. The molecule has 0 saturated heterocycles. The van der Waals surface area contributed by atoms with Crippen molar-refractivity contribution in [1.82, 2.24) is 9.97 Å². The Hall–Kier alpha value is -2.01. The second kappa shape index (κ2) is 6.24. The highest BCUT2D eigenvalue weighted by atomic mass is 35.5. The molecule has 1 radical (unpaired) electrons. The van der Waals surface area contributed by atoms with Crippen molar-refractivity contribution in [3.05, 3.63) is 48.1 Å². The molecule has 2 aromatic heterocycles. The maximum Gasteiger partial charge on any atom is 0.327 e. The molecule has 0 aromatic carbocycles. The molecule has 0 atom stereocenters. The number of pyridine rings is 2. The molecule has 0 unspecified atom stereocenters. The van der Waals surface area contributed by atoms with Gasteiger partial charge in [-0.3, -0.25) is 0 Å². The van der Waals surface area contributed by atoms with Gasteiger partial charge in [-0.1, -0.05) is 11.6 Å².